The van der Waals surface area contributed by atoms with Crippen molar-refractivity contribution >= 4 is 5.91 Å². The fraction of sp³-hybridized carbons (Fsp3) is 0.894. The Labute approximate surface area is 319 Å². The van der Waals surface area contributed by atoms with Gasteiger partial charge in [0.25, 0.3) is 0 Å². The number of nitrogens with one attached hydrogen (secondary N) is 1. The number of allylic oxidation sites excluding steroid dienone is 3. The molecular weight excluding hydrogens is 627 g/mol. The van der Waals surface area contributed by atoms with Crippen LogP contribution in [0.15, 0.2) is 24.3 Å². The highest BCUT2D eigenvalue weighted by Gasteiger charge is 2.17. The molecule has 0 aromatic carbocycles. The Kier molecular flexibility index (Phi) is 42.3. The quantitative estimate of drug-likeness (QED) is 0.0435. The monoisotopic (exact) mass is 718 g/mol. The predicted molar refractivity (Wildman–Crippen MR) is 225 cm³/mol. The van der Waals surface area contributed by atoms with E-state index in [0.29, 0.717) is 6.42 Å². The van der Waals surface area contributed by atoms with E-state index in [1.807, 2.05) is 6.08 Å². The summed E-state index contributed by atoms with van der Waals surface area (Å²) in [4.78, 5) is 12.2. The minimum Gasteiger partial charge on any atom is -0.394 e. The van der Waals surface area contributed by atoms with E-state index in [4.69, 9.17) is 0 Å². The maximum atomic E-state index is 12.2. The van der Waals surface area contributed by atoms with Crippen molar-refractivity contribution in [1.82, 2.24) is 5.32 Å². The number of carbonyl (C=O) groups excluding carboxylic acids is 1. The Bertz CT molecular complexity index is 735. The van der Waals surface area contributed by atoms with Gasteiger partial charge in [-0.05, 0) is 32.1 Å². The van der Waals surface area contributed by atoms with Crippen LogP contribution in [0.5, 0.6) is 0 Å². The molecule has 0 aromatic rings. The molecule has 0 saturated carbocycles. The largest absolute Gasteiger partial charge is 0.394 e. The summed E-state index contributed by atoms with van der Waals surface area (Å²) in [6.45, 7) is 4.27. The first kappa shape index (κ1) is 49.9. The minimum absolute atomic E-state index is 0.0775. The molecule has 0 saturated heterocycles. The molecule has 2 atom stereocenters. The van der Waals surface area contributed by atoms with E-state index in [1.54, 1.807) is 6.08 Å². The van der Waals surface area contributed by atoms with E-state index in [1.165, 1.54) is 199 Å². The number of rotatable bonds is 42. The summed E-state index contributed by atoms with van der Waals surface area (Å²) in [5, 5.41) is 22.9. The van der Waals surface area contributed by atoms with Crippen molar-refractivity contribution in [2.45, 2.75) is 264 Å². The van der Waals surface area contributed by atoms with Gasteiger partial charge in [-0.3, -0.25) is 4.79 Å². The zero-order valence-corrected chi connectivity index (χ0v) is 34.6. The third kappa shape index (κ3) is 39.9. The van der Waals surface area contributed by atoms with Gasteiger partial charge >= 0.3 is 0 Å². The third-order valence-electron chi connectivity index (χ3n) is 10.7. The fourth-order valence-electron chi connectivity index (χ4n) is 7.14. The molecule has 0 bridgehead atoms. The van der Waals surface area contributed by atoms with Gasteiger partial charge in [0.1, 0.15) is 0 Å². The Morgan fingerprint density at radius 2 is 0.765 bits per heavy atom. The first-order chi connectivity index (χ1) is 25.2. The van der Waals surface area contributed by atoms with Crippen LogP contribution in [0.1, 0.15) is 251 Å². The van der Waals surface area contributed by atoms with Crippen LogP contribution < -0.4 is 5.32 Å². The second-order valence-electron chi connectivity index (χ2n) is 15.8. The van der Waals surface area contributed by atoms with E-state index in [0.717, 1.165) is 32.1 Å². The van der Waals surface area contributed by atoms with Gasteiger partial charge in [-0.15, -0.1) is 0 Å². The lowest BCUT2D eigenvalue weighted by Gasteiger charge is -2.19. The van der Waals surface area contributed by atoms with Gasteiger partial charge in [0.15, 0.2) is 0 Å². The van der Waals surface area contributed by atoms with Crippen molar-refractivity contribution in [2.75, 3.05) is 6.61 Å². The van der Waals surface area contributed by atoms with Gasteiger partial charge in [0.2, 0.25) is 5.91 Å². The van der Waals surface area contributed by atoms with E-state index >= 15 is 0 Å². The molecule has 0 spiro atoms. The smallest absolute Gasteiger partial charge is 0.220 e. The summed E-state index contributed by atoms with van der Waals surface area (Å²) in [5.41, 5.74) is 0. The summed E-state index contributed by atoms with van der Waals surface area (Å²) in [6.07, 6.45) is 56.2. The molecule has 302 valence electrons. The topological polar surface area (TPSA) is 69.6 Å². The first-order valence-electron chi connectivity index (χ1n) is 23.1. The average Bonchev–Trinajstić information content (AvgIpc) is 3.13. The van der Waals surface area contributed by atoms with Gasteiger partial charge < -0.3 is 15.5 Å². The molecule has 0 heterocycles. The molecule has 4 nitrogen and oxygen atoms in total. The Balaban J connectivity index is 3.44. The van der Waals surface area contributed by atoms with Gasteiger partial charge in [-0.1, -0.05) is 237 Å². The molecule has 2 unspecified atom stereocenters. The lowest BCUT2D eigenvalue weighted by atomic mass is 10.0. The molecule has 51 heavy (non-hydrogen) atoms. The highest BCUT2D eigenvalue weighted by Crippen LogP contribution is 2.16. The molecular formula is C47H91NO3. The zero-order valence-electron chi connectivity index (χ0n) is 34.6. The fourth-order valence-corrected chi connectivity index (χ4v) is 7.14. The number of carbonyl (C=O) groups is 1. The SMILES string of the molecule is CCCCCCCCCCCCCCCCCCCCCCCCCCC/C=C/CC/C=C/C(O)C(CO)NC(=O)CCCCCCCCCC. The Hall–Kier alpha value is -1.13. The van der Waals surface area contributed by atoms with Crippen LogP contribution >= 0.6 is 0 Å². The second kappa shape index (κ2) is 43.3. The molecule has 1 amide bonds. The number of hydrogen-bond acceptors (Lipinski definition) is 3. The number of unbranched alkanes of at least 4 members (excludes halogenated alkanes) is 33. The van der Waals surface area contributed by atoms with Crippen LogP contribution in [0.2, 0.25) is 0 Å². The average molecular weight is 718 g/mol. The summed E-state index contributed by atoms with van der Waals surface area (Å²) >= 11 is 0. The van der Waals surface area contributed by atoms with Crippen LogP contribution in [0, 0.1) is 0 Å². The van der Waals surface area contributed by atoms with Crippen LogP contribution in [-0.2, 0) is 4.79 Å². The number of aliphatic hydroxyl groups excluding tert-OH is 2. The predicted octanol–water partition coefficient (Wildman–Crippen LogP) is 14.4. The second-order valence-corrected chi connectivity index (χ2v) is 15.8. The molecule has 0 aromatic heterocycles. The highest BCUT2D eigenvalue weighted by atomic mass is 16.3. The van der Waals surface area contributed by atoms with Crippen molar-refractivity contribution in [3.63, 3.8) is 0 Å². The maximum absolute atomic E-state index is 12.2. The van der Waals surface area contributed by atoms with Crippen molar-refractivity contribution in [2.24, 2.45) is 0 Å². The zero-order chi connectivity index (χ0) is 37.1. The number of amides is 1. The van der Waals surface area contributed by atoms with Crippen molar-refractivity contribution in [3.05, 3.63) is 24.3 Å². The van der Waals surface area contributed by atoms with E-state index in [2.05, 4.69) is 31.3 Å². The van der Waals surface area contributed by atoms with Crippen LogP contribution in [0.4, 0.5) is 0 Å². The van der Waals surface area contributed by atoms with E-state index < -0.39 is 12.1 Å². The first-order valence-corrected chi connectivity index (χ1v) is 23.1. The van der Waals surface area contributed by atoms with Crippen LogP contribution in [0.3, 0.4) is 0 Å². The molecule has 0 aliphatic carbocycles. The van der Waals surface area contributed by atoms with E-state index in [-0.39, 0.29) is 12.5 Å². The number of aliphatic hydroxyl groups is 2. The maximum Gasteiger partial charge on any atom is 0.220 e. The van der Waals surface area contributed by atoms with Gasteiger partial charge in [0.05, 0.1) is 18.8 Å². The third-order valence-corrected chi connectivity index (χ3v) is 10.7. The molecule has 3 N–H and O–H groups in total. The highest BCUT2D eigenvalue weighted by molar-refractivity contribution is 5.76. The van der Waals surface area contributed by atoms with Gasteiger partial charge in [0, 0.05) is 6.42 Å². The summed E-state index contributed by atoms with van der Waals surface area (Å²) in [6, 6.07) is -0.633. The van der Waals surface area contributed by atoms with Gasteiger partial charge in [-0.2, -0.15) is 0 Å². The Morgan fingerprint density at radius 1 is 0.451 bits per heavy atom. The van der Waals surface area contributed by atoms with Crippen LogP contribution in [0.25, 0.3) is 0 Å². The van der Waals surface area contributed by atoms with Crippen molar-refractivity contribution in [3.8, 4) is 0 Å². The van der Waals surface area contributed by atoms with Gasteiger partial charge in [-0.25, -0.2) is 0 Å². The summed E-state index contributed by atoms with van der Waals surface area (Å²) in [7, 11) is 0. The van der Waals surface area contributed by atoms with Crippen molar-refractivity contribution in [1.29, 1.82) is 0 Å². The normalized spacial score (nSPS) is 13.1. The lowest BCUT2D eigenvalue weighted by molar-refractivity contribution is -0.123. The molecule has 0 aliphatic rings. The molecule has 0 radical (unpaired) electrons. The molecule has 4 heteroatoms. The molecule has 0 rings (SSSR count). The lowest BCUT2D eigenvalue weighted by Crippen LogP contribution is -2.45. The summed E-state index contributed by atoms with van der Waals surface area (Å²) < 4.78 is 0. The van der Waals surface area contributed by atoms with Crippen molar-refractivity contribution < 1.29 is 15.0 Å². The molecule has 0 fully saturated rings. The molecule has 0 aliphatic heterocycles. The minimum atomic E-state index is -0.856. The standard InChI is InChI=1S/C47H91NO3/c1-3-5-7-9-11-13-14-15-16-17-18-19-20-21-22-23-24-25-26-27-28-29-30-31-32-33-34-35-36-38-40-42-46(50)45(44-49)48-47(51)43-41-39-37-12-10-8-6-4-2/h34-35,40,42,45-46,49-50H,3-33,36-39,41,43-44H2,1-2H3,(H,48,51)/b35-34+,42-40+. The Morgan fingerprint density at radius 3 is 1.14 bits per heavy atom. The van der Waals surface area contributed by atoms with E-state index in [9.17, 15) is 15.0 Å². The summed E-state index contributed by atoms with van der Waals surface area (Å²) in [5.74, 6) is -0.0775. The van der Waals surface area contributed by atoms with Crippen LogP contribution in [-0.4, -0.2) is 34.9 Å². The number of hydrogen-bond donors (Lipinski definition) is 3.